The summed E-state index contributed by atoms with van der Waals surface area (Å²) in [6, 6.07) is 0. The first-order valence-electron chi connectivity index (χ1n) is 4.62. The molecule has 2 nitrogen and oxygen atoms in total. The summed E-state index contributed by atoms with van der Waals surface area (Å²) < 4.78 is 0. The molecule has 0 fully saturated rings. The van der Waals surface area contributed by atoms with E-state index in [4.69, 9.17) is 0 Å². The molecular formula is C9H21N2. The molecule has 0 aromatic rings. The predicted molar refractivity (Wildman–Crippen MR) is 50.6 cm³/mol. The highest BCUT2D eigenvalue weighted by Gasteiger charge is 1.87. The van der Waals surface area contributed by atoms with Gasteiger partial charge in [0, 0.05) is 0 Å². The van der Waals surface area contributed by atoms with Crippen LogP contribution < -0.4 is 10.6 Å². The summed E-state index contributed by atoms with van der Waals surface area (Å²) in [7, 11) is 0. The molecule has 0 aromatic carbocycles. The topological polar surface area (TPSA) is 24.1 Å². The molecule has 67 valence electrons. The monoisotopic (exact) mass is 157 g/mol. The molecule has 0 aliphatic heterocycles. The Morgan fingerprint density at radius 2 is 1.64 bits per heavy atom. The molecule has 11 heavy (non-hydrogen) atoms. The molecule has 0 heterocycles. The third kappa shape index (κ3) is 9.92. The lowest BCUT2D eigenvalue weighted by atomic mass is 10.2. The normalized spacial score (nSPS) is 10.4. The zero-order valence-electron chi connectivity index (χ0n) is 7.66. The molecule has 0 saturated carbocycles. The van der Waals surface area contributed by atoms with Crippen LogP contribution in [0.4, 0.5) is 0 Å². The quantitative estimate of drug-likeness (QED) is 0.517. The summed E-state index contributed by atoms with van der Waals surface area (Å²) >= 11 is 0. The van der Waals surface area contributed by atoms with Crippen molar-refractivity contribution in [1.82, 2.24) is 10.6 Å². The smallest absolute Gasteiger partial charge is 0.00484 e. The minimum absolute atomic E-state index is 0.854. The van der Waals surface area contributed by atoms with E-state index in [0.717, 1.165) is 19.6 Å². The Balaban J connectivity index is 2.69. The van der Waals surface area contributed by atoms with Gasteiger partial charge in [-0.15, -0.1) is 0 Å². The van der Waals surface area contributed by atoms with E-state index in [-0.39, 0.29) is 0 Å². The van der Waals surface area contributed by atoms with Gasteiger partial charge in [0.15, 0.2) is 0 Å². The highest BCUT2D eigenvalue weighted by molar-refractivity contribution is 4.50. The van der Waals surface area contributed by atoms with Crippen LogP contribution in [0.3, 0.4) is 0 Å². The second-order valence-corrected chi connectivity index (χ2v) is 2.66. The van der Waals surface area contributed by atoms with Gasteiger partial charge in [0.2, 0.25) is 0 Å². The van der Waals surface area contributed by atoms with Crippen molar-refractivity contribution >= 4 is 0 Å². The van der Waals surface area contributed by atoms with Gasteiger partial charge in [-0.25, -0.2) is 0 Å². The lowest BCUT2D eigenvalue weighted by Crippen LogP contribution is -2.16. The Kier molecular flexibility index (Phi) is 9.85. The Labute approximate surface area is 70.8 Å². The number of rotatable bonds is 8. The Hall–Kier alpha value is -0.0800. The van der Waals surface area contributed by atoms with Gasteiger partial charge in [0.25, 0.3) is 0 Å². The molecule has 2 heteroatoms. The molecular weight excluding hydrogens is 136 g/mol. The van der Waals surface area contributed by atoms with E-state index in [1.807, 2.05) is 0 Å². The lowest BCUT2D eigenvalue weighted by Gasteiger charge is -2.02. The highest BCUT2D eigenvalue weighted by Crippen LogP contribution is 1.91. The molecule has 0 rings (SSSR count). The number of nitrogens with one attached hydrogen (secondary N) is 2. The minimum atomic E-state index is 0.854. The van der Waals surface area contributed by atoms with Crippen molar-refractivity contribution in [1.29, 1.82) is 0 Å². The summed E-state index contributed by atoms with van der Waals surface area (Å²) in [5, 5.41) is 6.51. The van der Waals surface area contributed by atoms with Gasteiger partial charge in [-0.3, -0.25) is 0 Å². The van der Waals surface area contributed by atoms with E-state index < -0.39 is 0 Å². The van der Waals surface area contributed by atoms with Gasteiger partial charge < -0.3 is 10.6 Å². The van der Waals surface area contributed by atoms with E-state index >= 15 is 0 Å². The fourth-order valence-electron chi connectivity index (χ4n) is 0.979. The van der Waals surface area contributed by atoms with Crippen LogP contribution in [0.5, 0.6) is 0 Å². The van der Waals surface area contributed by atoms with Crippen LogP contribution in [0.1, 0.15) is 26.2 Å². The molecule has 0 aromatic heterocycles. The zero-order valence-corrected chi connectivity index (χ0v) is 7.66. The number of unbranched alkanes of at least 4 members (excludes halogenated alkanes) is 2. The van der Waals surface area contributed by atoms with Gasteiger partial charge >= 0.3 is 0 Å². The van der Waals surface area contributed by atoms with Gasteiger partial charge in [-0.1, -0.05) is 13.3 Å². The molecule has 0 bridgehead atoms. The van der Waals surface area contributed by atoms with Crippen molar-refractivity contribution in [3.63, 3.8) is 0 Å². The van der Waals surface area contributed by atoms with E-state index in [1.165, 1.54) is 25.8 Å². The van der Waals surface area contributed by atoms with Gasteiger partial charge in [0.1, 0.15) is 0 Å². The average molecular weight is 157 g/mol. The predicted octanol–water partition coefficient (Wildman–Crippen LogP) is 1.19. The second kappa shape index (κ2) is 9.92. The summed E-state index contributed by atoms with van der Waals surface area (Å²) in [4.78, 5) is 0. The molecule has 0 amide bonds. The molecule has 0 atom stereocenters. The third-order valence-corrected chi connectivity index (χ3v) is 1.63. The molecule has 2 N–H and O–H groups in total. The first-order valence-corrected chi connectivity index (χ1v) is 4.62. The molecule has 0 saturated heterocycles. The lowest BCUT2D eigenvalue weighted by molar-refractivity contribution is 0.592. The van der Waals surface area contributed by atoms with Gasteiger partial charge in [-0.05, 0) is 45.9 Å². The Morgan fingerprint density at radius 1 is 1.00 bits per heavy atom. The fourth-order valence-corrected chi connectivity index (χ4v) is 0.979. The van der Waals surface area contributed by atoms with Crippen LogP contribution in [-0.4, -0.2) is 26.2 Å². The van der Waals surface area contributed by atoms with Crippen LogP contribution in [0, 0.1) is 6.92 Å². The molecule has 0 unspecified atom stereocenters. The standard InChI is InChI=1S/C9H21N2/c1-3-10-8-6-5-7-9-11-4-2/h10-11H,1,3-9H2,2H3. The number of hydrogen-bond donors (Lipinski definition) is 2. The van der Waals surface area contributed by atoms with Crippen LogP contribution >= 0.6 is 0 Å². The van der Waals surface area contributed by atoms with Crippen molar-refractivity contribution in [2.24, 2.45) is 0 Å². The zero-order chi connectivity index (χ0) is 8.36. The van der Waals surface area contributed by atoms with Gasteiger partial charge in [-0.2, -0.15) is 0 Å². The van der Waals surface area contributed by atoms with Crippen molar-refractivity contribution < 1.29 is 0 Å². The van der Waals surface area contributed by atoms with Crippen LogP contribution in [0.25, 0.3) is 0 Å². The summed E-state index contributed by atoms with van der Waals surface area (Å²) in [6.45, 7) is 10.1. The second-order valence-electron chi connectivity index (χ2n) is 2.66. The average Bonchev–Trinajstić information content (AvgIpc) is 2.03. The maximum Gasteiger partial charge on any atom is -0.00484 e. The molecule has 1 radical (unpaired) electrons. The van der Waals surface area contributed by atoms with Gasteiger partial charge in [0.05, 0.1) is 0 Å². The summed E-state index contributed by atoms with van der Waals surface area (Å²) in [5.41, 5.74) is 0. The summed E-state index contributed by atoms with van der Waals surface area (Å²) in [6.07, 6.45) is 3.90. The van der Waals surface area contributed by atoms with E-state index in [9.17, 15) is 0 Å². The molecule has 0 aliphatic carbocycles. The van der Waals surface area contributed by atoms with Crippen molar-refractivity contribution in [2.45, 2.75) is 26.2 Å². The summed E-state index contributed by atoms with van der Waals surface area (Å²) in [5.74, 6) is 0. The highest BCUT2D eigenvalue weighted by atomic mass is 14.8. The Morgan fingerprint density at radius 3 is 2.18 bits per heavy atom. The van der Waals surface area contributed by atoms with E-state index in [1.54, 1.807) is 0 Å². The van der Waals surface area contributed by atoms with Crippen molar-refractivity contribution in [3.05, 3.63) is 6.92 Å². The van der Waals surface area contributed by atoms with Crippen LogP contribution in [-0.2, 0) is 0 Å². The van der Waals surface area contributed by atoms with E-state index in [0.29, 0.717) is 0 Å². The maximum atomic E-state index is 3.71. The largest absolute Gasteiger partial charge is 0.317 e. The van der Waals surface area contributed by atoms with Crippen LogP contribution in [0.15, 0.2) is 0 Å². The minimum Gasteiger partial charge on any atom is -0.317 e. The fraction of sp³-hybridized carbons (Fsp3) is 0.889. The van der Waals surface area contributed by atoms with Crippen molar-refractivity contribution in [2.75, 3.05) is 26.2 Å². The Bertz CT molecular complexity index is 56.6. The maximum absolute atomic E-state index is 3.71. The molecule has 0 spiro atoms. The third-order valence-electron chi connectivity index (χ3n) is 1.63. The molecule has 0 aliphatic rings. The number of hydrogen-bond acceptors (Lipinski definition) is 2. The first kappa shape index (κ1) is 10.9. The van der Waals surface area contributed by atoms with Crippen LogP contribution in [0.2, 0.25) is 0 Å². The SMILES string of the molecule is [CH2]CNCCCCCNCC. The first-order chi connectivity index (χ1) is 5.41. The van der Waals surface area contributed by atoms with Crippen molar-refractivity contribution in [3.8, 4) is 0 Å². The van der Waals surface area contributed by atoms with E-state index in [2.05, 4.69) is 24.5 Å².